The van der Waals surface area contributed by atoms with Crippen molar-refractivity contribution in [1.82, 2.24) is 20.6 Å². The Morgan fingerprint density at radius 1 is 0.882 bits per heavy atom. The largest absolute Gasteiger partial charge is 0.495 e. The maximum atomic E-state index is 13.0. The van der Waals surface area contributed by atoms with Gasteiger partial charge in [0, 0.05) is 11.8 Å². The van der Waals surface area contributed by atoms with Gasteiger partial charge in [0.15, 0.2) is 0 Å². The zero-order valence-electron chi connectivity index (χ0n) is 18.7. The van der Waals surface area contributed by atoms with Crippen LogP contribution in [0.15, 0.2) is 91.1 Å². The van der Waals surface area contributed by atoms with Crippen molar-refractivity contribution in [3.05, 3.63) is 102 Å². The van der Waals surface area contributed by atoms with Gasteiger partial charge in [-0.05, 0) is 17.7 Å². The van der Waals surface area contributed by atoms with E-state index in [1.165, 1.54) is 0 Å². The van der Waals surface area contributed by atoms with E-state index >= 15 is 0 Å². The van der Waals surface area contributed by atoms with Crippen molar-refractivity contribution in [2.45, 2.75) is 6.54 Å². The van der Waals surface area contributed by atoms with Gasteiger partial charge in [-0.3, -0.25) is 25.1 Å². The highest BCUT2D eigenvalue weighted by molar-refractivity contribution is 6.00. The number of ether oxygens (including phenoxy) is 1. The Morgan fingerprint density at radius 3 is 2.29 bits per heavy atom. The van der Waals surface area contributed by atoms with E-state index in [1.54, 1.807) is 30.1 Å². The molecule has 0 spiro atoms. The first-order chi connectivity index (χ1) is 16.6. The molecule has 1 aromatic heterocycles. The smallest absolute Gasteiger partial charge is 0.273 e. The molecular weight excluding hydrogens is 430 g/mol. The number of aromatic nitrogens is 2. The van der Waals surface area contributed by atoms with E-state index in [-0.39, 0.29) is 6.54 Å². The average molecular weight is 456 g/mol. The second-order valence-electron chi connectivity index (χ2n) is 7.50. The molecule has 0 aliphatic carbocycles. The summed E-state index contributed by atoms with van der Waals surface area (Å²) in [5.74, 6) is -0.237. The van der Waals surface area contributed by atoms with E-state index in [0.717, 1.165) is 11.1 Å². The number of carbonyl (C=O) groups excluding carboxylic acids is 2. The number of anilines is 1. The van der Waals surface area contributed by atoms with Crippen LogP contribution < -0.4 is 20.9 Å². The Bertz CT molecular complexity index is 1260. The van der Waals surface area contributed by atoms with Crippen LogP contribution in [0.4, 0.5) is 5.69 Å². The van der Waals surface area contributed by atoms with Crippen molar-refractivity contribution in [2.75, 3.05) is 19.0 Å². The predicted molar refractivity (Wildman–Crippen MR) is 130 cm³/mol. The number of nitrogens with zero attached hydrogens (tertiary/aromatic N) is 2. The molecule has 0 atom stereocenters. The predicted octanol–water partition coefficient (Wildman–Crippen LogP) is 3.48. The van der Waals surface area contributed by atoms with Gasteiger partial charge >= 0.3 is 0 Å². The summed E-state index contributed by atoms with van der Waals surface area (Å²) >= 11 is 0. The van der Waals surface area contributed by atoms with Gasteiger partial charge in [-0.25, -0.2) is 0 Å². The van der Waals surface area contributed by atoms with Crippen LogP contribution in [0, 0.1) is 0 Å². The summed E-state index contributed by atoms with van der Waals surface area (Å²) in [5, 5.41) is 7.63. The molecule has 1 heterocycles. The minimum Gasteiger partial charge on any atom is -0.495 e. The van der Waals surface area contributed by atoms with Crippen LogP contribution in [0.3, 0.4) is 0 Å². The standard InChI is InChI=1S/C26H25N5O3/c1-34-23-15-9-8-14-22(23)27-16-24(32)28-29-26(33)21-18-31(17-19-10-4-2-5-11-19)30-25(21)20-12-6-3-7-13-20/h2-15,18,27H,16-17H2,1H3,(H,28,32)(H,29,33). The molecule has 0 radical (unpaired) electrons. The first-order valence-electron chi connectivity index (χ1n) is 10.8. The number of rotatable bonds is 8. The van der Waals surface area contributed by atoms with E-state index in [4.69, 9.17) is 4.74 Å². The highest BCUT2D eigenvalue weighted by Crippen LogP contribution is 2.23. The molecule has 34 heavy (non-hydrogen) atoms. The number of para-hydroxylation sites is 2. The molecule has 8 heteroatoms. The van der Waals surface area contributed by atoms with Crippen LogP contribution in [0.5, 0.6) is 5.75 Å². The van der Waals surface area contributed by atoms with E-state index in [2.05, 4.69) is 21.3 Å². The Labute approximate surface area is 197 Å². The van der Waals surface area contributed by atoms with Crippen molar-refractivity contribution in [2.24, 2.45) is 0 Å². The molecule has 0 unspecified atom stereocenters. The molecule has 0 bridgehead atoms. The monoisotopic (exact) mass is 455 g/mol. The van der Waals surface area contributed by atoms with E-state index < -0.39 is 11.8 Å². The molecule has 0 aliphatic heterocycles. The first kappa shape index (κ1) is 22.6. The summed E-state index contributed by atoms with van der Waals surface area (Å²) < 4.78 is 6.98. The quantitative estimate of drug-likeness (QED) is 0.354. The number of hydrogen-bond donors (Lipinski definition) is 3. The van der Waals surface area contributed by atoms with Gasteiger partial charge in [0.2, 0.25) is 0 Å². The molecule has 4 aromatic rings. The normalized spacial score (nSPS) is 10.4. The molecule has 3 N–H and O–H groups in total. The van der Waals surface area contributed by atoms with Gasteiger partial charge < -0.3 is 10.1 Å². The van der Waals surface area contributed by atoms with Crippen LogP contribution in [0.2, 0.25) is 0 Å². The Kier molecular flexibility index (Phi) is 7.19. The van der Waals surface area contributed by atoms with Crippen molar-refractivity contribution < 1.29 is 14.3 Å². The summed E-state index contributed by atoms with van der Waals surface area (Å²) in [6.07, 6.45) is 1.68. The summed E-state index contributed by atoms with van der Waals surface area (Å²) in [5.41, 5.74) is 8.39. The van der Waals surface area contributed by atoms with Crippen LogP contribution in [-0.2, 0) is 11.3 Å². The van der Waals surface area contributed by atoms with E-state index in [0.29, 0.717) is 29.2 Å². The van der Waals surface area contributed by atoms with Crippen molar-refractivity contribution in [1.29, 1.82) is 0 Å². The third-order valence-electron chi connectivity index (χ3n) is 5.10. The SMILES string of the molecule is COc1ccccc1NCC(=O)NNC(=O)c1cn(Cc2ccccc2)nc1-c1ccccc1. The van der Waals surface area contributed by atoms with Crippen molar-refractivity contribution in [3.8, 4) is 17.0 Å². The molecule has 8 nitrogen and oxygen atoms in total. The average Bonchev–Trinajstić information content (AvgIpc) is 3.31. The second-order valence-corrected chi connectivity index (χ2v) is 7.50. The fourth-order valence-electron chi connectivity index (χ4n) is 3.45. The molecule has 172 valence electrons. The van der Waals surface area contributed by atoms with Gasteiger partial charge in [-0.2, -0.15) is 5.10 Å². The highest BCUT2D eigenvalue weighted by atomic mass is 16.5. The molecule has 0 saturated heterocycles. The number of carbonyl (C=O) groups is 2. The lowest BCUT2D eigenvalue weighted by atomic mass is 10.1. The first-order valence-corrected chi connectivity index (χ1v) is 10.8. The fraction of sp³-hybridized carbons (Fsp3) is 0.115. The van der Waals surface area contributed by atoms with Crippen molar-refractivity contribution >= 4 is 17.5 Å². The van der Waals surface area contributed by atoms with Gasteiger partial charge in [-0.1, -0.05) is 72.8 Å². The Morgan fingerprint density at radius 2 is 1.56 bits per heavy atom. The van der Waals surface area contributed by atoms with Gasteiger partial charge in [0.05, 0.1) is 31.5 Å². The molecule has 3 aromatic carbocycles. The number of benzene rings is 3. The lowest BCUT2D eigenvalue weighted by Gasteiger charge is -2.11. The Hall–Kier alpha value is -4.59. The molecule has 4 rings (SSSR count). The highest BCUT2D eigenvalue weighted by Gasteiger charge is 2.18. The van der Waals surface area contributed by atoms with E-state index in [1.807, 2.05) is 72.8 Å². The number of hydrazine groups is 1. The zero-order chi connectivity index (χ0) is 23.8. The lowest BCUT2D eigenvalue weighted by molar-refractivity contribution is -0.120. The molecule has 2 amide bonds. The van der Waals surface area contributed by atoms with Crippen LogP contribution >= 0.6 is 0 Å². The summed E-state index contributed by atoms with van der Waals surface area (Å²) in [7, 11) is 1.56. The maximum Gasteiger partial charge on any atom is 0.273 e. The number of hydrogen-bond acceptors (Lipinski definition) is 5. The maximum absolute atomic E-state index is 13.0. The third-order valence-corrected chi connectivity index (χ3v) is 5.10. The van der Waals surface area contributed by atoms with Gasteiger partial charge in [-0.15, -0.1) is 0 Å². The third kappa shape index (κ3) is 5.60. The molecule has 0 aliphatic rings. The summed E-state index contributed by atoms with van der Waals surface area (Å²) in [6.45, 7) is 0.475. The number of methoxy groups -OCH3 is 1. The molecular formula is C26H25N5O3. The molecule has 0 fully saturated rings. The van der Waals surface area contributed by atoms with Gasteiger partial charge in [0.1, 0.15) is 11.4 Å². The van der Waals surface area contributed by atoms with Gasteiger partial charge in [0.25, 0.3) is 11.8 Å². The topological polar surface area (TPSA) is 97.3 Å². The minimum atomic E-state index is -0.455. The zero-order valence-corrected chi connectivity index (χ0v) is 18.7. The lowest BCUT2D eigenvalue weighted by Crippen LogP contribution is -2.44. The Balaban J connectivity index is 1.44. The summed E-state index contributed by atoms with van der Waals surface area (Å²) in [4.78, 5) is 25.3. The number of amides is 2. The second kappa shape index (κ2) is 10.8. The number of nitrogens with one attached hydrogen (secondary N) is 3. The van der Waals surface area contributed by atoms with Crippen LogP contribution in [0.1, 0.15) is 15.9 Å². The van der Waals surface area contributed by atoms with E-state index in [9.17, 15) is 9.59 Å². The van der Waals surface area contributed by atoms with Crippen molar-refractivity contribution in [3.63, 3.8) is 0 Å². The van der Waals surface area contributed by atoms with Crippen LogP contribution in [-0.4, -0.2) is 35.2 Å². The fourth-order valence-corrected chi connectivity index (χ4v) is 3.45. The van der Waals surface area contributed by atoms with Crippen LogP contribution in [0.25, 0.3) is 11.3 Å². The molecule has 0 saturated carbocycles. The summed E-state index contributed by atoms with van der Waals surface area (Å²) in [6, 6.07) is 26.6. The minimum absolute atomic E-state index is 0.0422.